The summed E-state index contributed by atoms with van der Waals surface area (Å²) in [6.45, 7) is 1.97. The molecule has 0 saturated carbocycles. The fourth-order valence-electron chi connectivity index (χ4n) is 2.25. The number of nitrogens with zero attached hydrogens (tertiary/aromatic N) is 2. The molecule has 0 bridgehead atoms. The van der Waals surface area contributed by atoms with Gasteiger partial charge in [0.05, 0.1) is 0 Å². The molecule has 2 rings (SSSR count). The van der Waals surface area contributed by atoms with E-state index >= 15 is 0 Å². The van der Waals surface area contributed by atoms with Crippen molar-refractivity contribution in [2.75, 3.05) is 39.2 Å². The van der Waals surface area contributed by atoms with Gasteiger partial charge in [-0.3, -0.25) is 0 Å². The van der Waals surface area contributed by atoms with E-state index in [1.165, 1.54) is 10.5 Å². The van der Waals surface area contributed by atoms with E-state index < -0.39 is 10.0 Å². The van der Waals surface area contributed by atoms with Crippen molar-refractivity contribution in [3.63, 3.8) is 0 Å². The maximum absolute atomic E-state index is 12.4. The van der Waals surface area contributed by atoms with Gasteiger partial charge < -0.3 is 10.1 Å². The molecule has 1 aliphatic heterocycles. The van der Waals surface area contributed by atoms with Crippen LogP contribution in [0.4, 0.5) is 5.82 Å². The number of nitrogens with one attached hydrogen (secondary N) is 1. The summed E-state index contributed by atoms with van der Waals surface area (Å²) in [6, 6.07) is 3.24. The Balaban J connectivity index is 2.07. The number of aromatic nitrogens is 1. The second-order valence-electron chi connectivity index (χ2n) is 4.97. The quantitative estimate of drug-likeness (QED) is 0.883. The highest BCUT2D eigenvalue weighted by atomic mass is 32.2. The molecule has 1 aromatic heterocycles. The molecule has 0 unspecified atom stereocenters. The average Bonchev–Trinajstić information content (AvgIpc) is 2.48. The molecule has 1 aliphatic rings. The predicted molar refractivity (Wildman–Crippen MR) is 77.1 cm³/mol. The molecule has 0 radical (unpaired) electrons. The van der Waals surface area contributed by atoms with Gasteiger partial charge in [0.2, 0.25) is 10.0 Å². The van der Waals surface area contributed by atoms with Crippen LogP contribution in [0.3, 0.4) is 0 Å². The summed E-state index contributed by atoms with van der Waals surface area (Å²) in [7, 11) is -0.0955. The van der Waals surface area contributed by atoms with E-state index in [1.807, 2.05) is 0 Å². The van der Waals surface area contributed by atoms with Crippen LogP contribution in [-0.2, 0) is 14.8 Å². The predicted octanol–water partition coefficient (Wildman–Crippen LogP) is 1.17. The first-order chi connectivity index (χ1) is 9.54. The summed E-state index contributed by atoms with van der Waals surface area (Å²) < 4.78 is 31.6. The Morgan fingerprint density at radius 3 is 2.65 bits per heavy atom. The lowest BCUT2D eigenvalue weighted by molar-refractivity contribution is 0.0620. The van der Waals surface area contributed by atoms with Crippen molar-refractivity contribution in [3.8, 4) is 0 Å². The molecule has 0 amide bonds. The Morgan fingerprint density at radius 2 is 2.10 bits per heavy atom. The topological polar surface area (TPSA) is 71.5 Å². The van der Waals surface area contributed by atoms with Crippen molar-refractivity contribution >= 4 is 15.8 Å². The molecule has 1 aromatic rings. The molecule has 0 aliphatic carbocycles. The molecule has 0 spiro atoms. The van der Waals surface area contributed by atoms with Crippen molar-refractivity contribution in [1.29, 1.82) is 0 Å². The van der Waals surface area contributed by atoms with Gasteiger partial charge >= 0.3 is 0 Å². The zero-order valence-electron chi connectivity index (χ0n) is 11.9. The Hall–Kier alpha value is -1.18. The second kappa shape index (κ2) is 6.51. The molecule has 7 heteroatoms. The number of sulfonamides is 1. The molecule has 1 saturated heterocycles. The molecule has 112 valence electrons. The van der Waals surface area contributed by atoms with Gasteiger partial charge in [-0.2, -0.15) is 0 Å². The first kappa shape index (κ1) is 15.2. The van der Waals surface area contributed by atoms with Gasteiger partial charge in [-0.15, -0.1) is 0 Å². The van der Waals surface area contributed by atoms with E-state index in [9.17, 15) is 8.42 Å². The highest BCUT2D eigenvalue weighted by Crippen LogP contribution is 2.20. The van der Waals surface area contributed by atoms with E-state index in [4.69, 9.17) is 4.74 Å². The lowest BCUT2D eigenvalue weighted by Crippen LogP contribution is -2.34. The summed E-state index contributed by atoms with van der Waals surface area (Å²) in [4.78, 5) is 4.28. The van der Waals surface area contributed by atoms with Gasteiger partial charge in [0.15, 0.2) is 0 Å². The first-order valence-electron chi connectivity index (χ1n) is 6.72. The van der Waals surface area contributed by atoms with Crippen molar-refractivity contribution < 1.29 is 13.2 Å². The van der Waals surface area contributed by atoms with Crippen molar-refractivity contribution in [1.82, 2.24) is 9.29 Å². The van der Waals surface area contributed by atoms with Crippen LogP contribution >= 0.6 is 0 Å². The second-order valence-corrected chi connectivity index (χ2v) is 7.02. The Bertz CT molecular complexity index is 524. The van der Waals surface area contributed by atoms with E-state index in [1.54, 1.807) is 26.2 Å². The largest absolute Gasteiger partial charge is 0.381 e. The van der Waals surface area contributed by atoms with Crippen LogP contribution in [0.15, 0.2) is 23.2 Å². The number of rotatable bonds is 5. The van der Waals surface area contributed by atoms with Crippen LogP contribution in [0.2, 0.25) is 0 Å². The lowest BCUT2D eigenvalue weighted by Gasteiger charge is -2.26. The van der Waals surface area contributed by atoms with Crippen LogP contribution in [0.1, 0.15) is 12.8 Å². The van der Waals surface area contributed by atoms with Gasteiger partial charge in [-0.05, 0) is 30.9 Å². The Labute approximate surface area is 120 Å². The zero-order valence-corrected chi connectivity index (χ0v) is 12.7. The first-order valence-corrected chi connectivity index (χ1v) is 8.16. The van der Waals surface area contributed by atoms with Gasteiger partial charge in [0.25, 0.3) is 0 Å². The maximum atomic E-state index is 12.4. The van der Waals surface area contributed by atoms with Crippen LogP contribution in [-0.4, -0.2) is 51.6 Å². The van der Waals surface area contributed by atoms with E-state index in [2.05, 4.69) is 10.3 Å². The smallest absolute Gasteiger partial charge is 0.244 e. The fraction of sp³-hybridized carbons (Fsp3) is 0.615. The van der Waals surface area contributed by atoms with Crippen LogP contribution in [0.25, 0.3) is 0 Å². The highest BCUT2D eigenvalue weighted by molar-refractivity contribution is 7.89. The normalized spacial score (nSPS) is 17.4. The summed E-state index contributed by atoms with van der Waals surface area (Å²) in [5.41, 5.74) is 0. The Morgan fingerprint density at radius 1 is 1.40 bits per heavy atom. The summed E-state index contributed by atoms with van der Waals surface area (Å²) in [5, 5.41) is 2.87. The Kier molecular flexibility index (Phi) is 4.95. The molecule has 0 aromatic carbocycles. The van der Waals surface area contributed by atoms with Gasteiger partial charge in [-0.1, -0.05) is 0 Å². The van der Waals surface area contributed by atoms with Crippen LogP contribution in [0, 0.1) is 5.92 Å². The van der Waals surface area contributed by atoms with Crippen molar-refractivity contribution in [2.24, 2.45) is 5.92 Å². The minimum atomic E-state index is -3.46. The third kappa shape index (κ3) is 3.47. The zero-order chi connectivity index (χ0) is 14.6. The highest BCUT2D eigenvalue weighted by Gasteiger charge is 2.25. The number of anilines is 1. The molecule has 6 nitrogen and oxygen atoms in total. The standard InChI is InChI=1S/C13H21N3O3S/c1-14-13-4-3-12(9-15-13)20(17,18)16(2)10-11-5-7-19-8-6-11/h3-4,9,11H,5-8,10H2,1-2H3,(H,14,15). The molecular weight excluding hydrogens is 278 g/mol. The average molecular weight is 299 g/mol. The number of hydrogen-bond donors (Lipinski definition) is 1. The van der Waals surface area contributed by atoms with Crippen LogP contribution in [0.5, 0.6) is 0 Å². The fourth-order valence-corrected chi connectivity index (χ4v) is 3.44. The molecular formula is C13H21N3O3S. The van der Waals surface area contributed by atoms with E-state index in [0.717, 1.165) is 26.1 Å². The molecule has 1 N–H and O–H groups in total. The van der Waals surface area contributed by atoms with E-state index in [-0.39, 0.29) is 4.90 Å². The van der Waals surface area contributed by atoms with Crippen molar-refractivity contribution in [2.45, 2.75) is 17.7 Å². The summed E-state index contributed by atoms with van der Waals surface area (Å²) in [5.74, 6) is 1.02. The number of ether oxygens (including phenoxy) is 1. The molecule has 1 fully saturated rings. The number of pyridine rings is 1. The molecule has 0 atom stereocenters. The third-order valence-corrected chi connectivity index (χ3v) is 5.36. The monoisotopic (exact) mass is 299 g/mol. The third-order valence-electron chi connectivity index (χ3n) is 3.56. The summed E-state index contributed by atoms with van der Waals surface area (Å²) in [6.07, 6.45) is 3.22. The van der Waals surface area contributed by atoms with Gasteiger partial charge in [0.1, 0.15) is 10.7 Å². The SMILES string of the molecule is CNc1ccc(S(=O)(=O)N(C)CC2CCOCC2)cn1. The molecule has 2 heterocycles. The summed E-state index contributed by atoms with van der Waals surface area (Å²) >= 11 is 0. The van der Waals surface area contributed by atoms with Gasteiger partial charge in [-0.25, -0.2) is 17.7 Å². The lowest BCUT2D eigenvalue weighted by atomic mass is 10.0. The number of hydrogen-bond acceptors (Lipinski definition) is 5. The minimum Gasteiger partial charge on any atom is -0.381 e. The van der Waals surface area contributed by atoms with Crippen molar-refractivity contribution in [3.05, 3.63) is 18.3 Å². The maximum Gasteiger partial charge on any atom is 0.244 e. The van der Waals surface area contributed by atoms with Crippen LogP contribution < -0.4 is 5.32 Å². The molecule has 20 heavy (non-hydrogen) atoms. The minimum absolute atomic E-state index is 0.228. The van der Waals surface area contributed by atoms with Gasteiger partial charge in [0, 0.05) is 40.1 Å². The van der Waals surface area contributed by atoms with E-state index in [0.29, 0.717) is 18.3 Å².